The minimum atomic E-state index is 0.782. The number of benzene rings is 2. The molecule has 2 heteroatoms. The molecule has 2 rings (SSSR count). The summed E-state index contributed by atoms with van der Waals surface area (Å²) in [5, 5.41) is 6.84. The predicted octanol–water partition coefficient (Wildman–Crippen LogP) is 6.09. The molecule has 0 bridgehead atoms. The van der Waals surface area contributed by atoms with Crippen molar-refractivity contribution in [1.29, 1.82) is 0 Å². The summed E-state index contributed by atoms with van der Waals surface area (Å²) in [4.78, 5) is 0. The van der Waals surface area contributed by atoms with E-state index in [1.807, 2.05) is 0 Å². The Hall–Kier alpha value is -2.48. The first-order valence-electron chi connectivity index (χ1n) is 8.27. The first-order chi connectivity index (χ1) is 11.2. The van der Waals surface area contributed by atoms with E-state index < -0.39 is 0 Å². The number of rotatable bonds is 5. The fraction of sp³-hybridized carbons (Fsp3) is 0.273. The van der Waals surface area contributed by atoms with Crippen molar-refractivity contribution in [2.75, 3.05) is 10.6 Å². The van der Waals surface area contributed by atoms with Crippen molar-refractivity contribution >= 4 is 11.4 Å². The van der Waals surface area contributed by atoms with Crippen LogP contribution in [0.3, 0.4) is 0 Å². The van der Waals surface area contributed by atoms with Crippen LogP contribution in [0.15, 0.2) is 48.8 Å². The van der Waals surface area contributed by atoms with Crippen LogP contribution in [0.1, 0.15) is 33.4 Å². The third-order valence-electron chi connectivity index (χ3n) is 4.27. The van der Waals surface area contributed by atoms with Gasteiger partial charge in [0.2, 0.25) is 0 Å². The molecule has 0 atom stereocenters. The lowest BCUT2D eigenvalue weighted by Gasteiger charge is -2.20. The maximum Gasteiger partial charge on any atom is 0.0544 e. The summed E-state index contributed by atoms with van der Waals surface area (Å²) in [6, 6.07) is 8.69. The van der Waals surface area contributed by atoms with Gasteiger partial charge >= 0.3 is 0 Å². The third-order valence-corrected chi connectivity index (χ3v) is 4.27. The maximum atomic E-state index is 4.15. The summed E-state index contributed by atoms with van der Waals surface area (Å²) in [5.74, 6) is 0. The first-order valence-corrected chi connectivity index (χ1v) is 8.27. The monoisotopic (exact) mass is 320 g/mol. The molecule has 2 nitrogen and oxygen atoms in total. The van der Waals surface area contributed by atoms with Crippen molar-refractivity contribution in [2.24, 2.45) is 0 Å². The molecule has 2 aromatic carbocycles. The largest absolute Gasteiger partial charge is 0.354 e. The molecule has 0 unspecified atom stereocenters. The van der Waals surface area contributed by atoms with Crippen LogP contribution in [-0.2, 0) is 0 Å². The molecule has 0 radical (unpaired) electrons. The van der Waals surface area contributed by atoms with E-state index in [1.165, 1.54) is 33.4 Å². The zero-order valence-electron chi connectivity index (χ0n) is 15.7. The molecule has 0 fully saturated rings. The summed E-state index contributed by atoms with van der Waals surface area (Å²) in [6.07, 6.45) is 0. The van der Waals surface area contributed by atoms with Crippen molar-refractivity contribution in [3.63, 3.8) is 0 Å². The second-order valence-corrected chi connectivity index (χ2v) is 6.75. The van der Waals surface area contributed by atoms with E-state index >= 15 is 0 Å². The quantitative estimate of drug-likeness (QED) is 0.651. The fourth-order valence-corrected chi connectivity index (χ4v) is 3.21. The number of anilines is 2. The van der Waals surface area contributed by atoms with Crippen LogP contribution < -0.4 is 10.6 Å². The van der Waals surface area contributed by atoms with Gasteiger partial charge in [0, 0.05) is 11.4 Å². The zero-order valence-corrected chi connectivity index (χ0v) is 15.7. The van der Waals surface area contributed by atoms with Gasteiger partial charge in [-0.15, -0.1) is 0 Å². The Morgan fingerprint density at radius 2 is 0.833 bits per heavy atom. The minimum absolute atomic E-state index is 0.782. The molecule has 0 saturated carbocycles. The molecule has 126 valence electrons. The van der Waals surface area contributed by atoms with E-state index in [0.29, 0.717) is 0 Å². The Morgan fingerprint density at radius 1 is 0.583 bits per heavy atom. The van der Waals surface area contributed by atoms with Gasteiger partial charge in [-0.05, 0) is 63.8 Å². The smallest absolute Gasteiger partial charge is 0.0544 e. The van der Waals surface area contributed by atoms with Crippen LogP contribution in [0.5, 0.6) is 0 Å². The molecule has 24 heavy (non-hydrogen) atoms. The zero-order chi connectivity index (χ0) is 18.0. The van der Waals surface area contributed by atoms with E-state index in [-0.39, 0.29) is 0 Å². The Bertz CT molecular complexity index is 697. The van der Waals surface area contributed by atoms with Crippen molar-refractivity contribution in [2.45, 2.75) is 41.5 Å². The molecule has 0 heterocycles. The van der Waals surface area contributed by atoms with Crippen LogP contribution in [-0.4, -0.2) is 0 Å². The van der Waals surface area contributed by atoms with Gasteiger partial charge in [0.1, 0.15) is 0 Å². The third kappa shape index (κ3) is 3.88. The molecule has 0 aliphatic rings. The summed E-state index contributed by atoms with van der Waals surface area (Å²) in [6.45, 7) is 21.0. The predicted molar refractivity (Wildman–Crippen MR) is 107 cm³/mol. The standard InChI is InChI=1S/C22H28N2/c1-13-9-15(3)21(16(4)10-13)23-19(7)20(8)24-22-17(5)11-14(2)12-18(22)6/h9-12,23-24H,7-8H2,1-6H3. The Balaban J connectivity index is 2.19. The van der Waals surface area contributed by atoms with E-state index in [1.54, 1.807) is 0 Å². The van der Waals surface area contributed by atoms with Crippen LogP contribution in [0.2, 0.25) is 0 Å². The van der Waals surface area contributed by atoms with E-state index in [0.717, 1.165) is 22.8 Å². The molecule has 2 aromatic rings. The first kappa shape index (κ1) is 17.9. The average Bonchev–Trinajstić information content (AvgIpc) is 2.46. The highest BCUT2D eigenvalue weighted by atomic mass is 15.0. The van der Waals surface area contributed by atoms with Gasteiger partial charge < -0.3 is 10.6 Å². The molecule has 0 aliphatic carbocycles. The van der Waals surface area contributed by atoms with Gasteiger partial charge in [0.25, 0.3) is 0 Å². The van der Waals surface area contributed by atoms with Crippen LogP contribution in [0, 0.1) is 41.5 Å². The molecule has 0 saturated heterocycles. The van der Waals surface area contributed by atoms with Gasteiger partial charge in [-0.1, -0.05) is 48.6 Å². The number of aryl methyl sites for hydroxylation is 6. The Labute approximate surface area is 146 Å². The molecule has 0 amide bonds. The lowest BCUT2D eigenvalue weighted by atomic mass is 10.0. The average molecular weight is 320 g/mol. The fourth-order valence-electron chi connectivity index (χ4n) is 3.21. The van der Waals surface area contributed by atoms with Crippen molar-refractivity contribution < 1.29 is 0 Å². The normalized spacial score (nSPS) is 10.4. The number of nitrogens with one attached hydrogen (secondary N) is 2. The van der Waals surface area contributed by atoms with E-state index in [4.69, 9.17) is 0 Å². The second kappa shape index (κ2) is 6.96. The molecule has 0 spiro atoms. The topological polar surface area (TPSA) is 24.1 Å². The number of hydrogen-bond donors (Lipinski definition) is 2. The molecular weight excluding hydrogens is 292 g/mol. The summed E-state index contributed by atoms with van der Waals surface area (Å²) < 4.78 is 0. The lowest BCUT2D eigenvalue weighted by Crippen LogP contribution is -2.11. The highest BCUT2D eigenvalue weighted by molar-refractivity contribution is 5.67. The molecule has 2 N–H and O–H groups in total. The van der Waals surface area contributed by atoms with Gasteiger partial charge in [-0.3, -0.25) is 0 Å². The van der Waals surface area contributed by atoms with Crippen LogP contribution in [0.25, 0.3) is 0 Å². The van der Waals surface area contributed by atoms with E-state index in [9.17, 15) is 0 Å². The van der Waals surface area contributed by atoms with Crippen molar-refractivity contribution in [1.82, 2.24) is 0 Å². The molecule has 0 aliphatic heterocycles. The van der Waals surface area contributed by atoms with Crippen LogP contribution >= 0.6 is 0 Å². The number of hydrogen-bond acceptors (Lipinski definition) is 2. The van der Waals surface area contributed by atoms with Gasteiger partial charge in [0.15, 0.2) is 0 Å². The second-order valence-electron chi connectivity index (χ2n) is 6.75. The summed E-state index contributed by atoms with van der Waals surface area (Å²) in [7, 11) is 0. The van der Waals surface area contributed by atoms with Crippen molar-refractivity contribution in [3.05, 3.63) is 82.2 Å². The van der Waals surface area contributed by atoms with Gasteiger partial charge in [-0.25, -0.2) is 0 Å². The molecular formula is C22H28N2. The Kier molecular flexibility index (Phi) is 5.18. The minimum Gasteiger partial charge on any atom is -0.354 e. The Morgan fingerprint density at radius 3 is 1.08 bits per heavy atom. The summed E-state index contributed by atoms with van der Waals surface area (Å²) in [5.41, 5.74) is 11.2. The van der Waals surface area contributed by atoms with Crippen molar-refractivity contribution in [3.8, 4) is 0 Å². The SMILES string of the molecule is C=C(Nc1c(C)cc(C)cc1C)C(=C)Nc1c(C)cc(C)cc1C. The lowest BCUT2D eigenvalue weighted by molar-refractivity contribution is 1.25. The van der Waals surface area contributed by atoms with Crippen LogP contribution in [0.4, 0.5) is 11.4 Å². The van der Waals surface area contributed by atoms with Gasteiger partial charge in [-0.2, -0.15) is 0 Å². The highest BCUT2D eigenvalue weighted by Gasteiger charge is 2.09. The maximum absolute atomic E-state index is 4.15. The van der Waals surface area contributed by atoms with E-state index in [2.05, 4.69) is 89.6 Å². The summed E-state index contributed by atoms with van der Waals surface area (Å²) >= 11 is 0. The molecule has 0 aromatic heterocycles. The van der Waals surface area contributed by atoms with Gasteiger partial charge in [0.05, 0.1) is 11.4 Å². The highest BCUT2D eigenvalue weighted by Crippen LogP contribution is 2.27.